The van der Waals surface area contributed by atoms with Crippen molar-refractivity contribution in [3.05, 3.63) is 30.4 Å². The number of sulfone groups is 1. The molecule has 21 heavy (non-hydrogen) atoms. The van der Waals surface area contributed by atoms with Crippen molar-refractivity contribution in [2.24, 2.45) is 0 Å². The van der Waals surface area contributed by atoms with Gasteiger partial charge in [0.2, 0.25) is 5.95 Å². The van der Waals surface area contributed by atoms with Gasteiger partial charge in [0.05, 0.1) is 11.9 Å². The highest BCUT2D eigenvalue weighted by molar-refractivity contribution is 7.90. The van der Waals surface area contributed by atoms with Gasteiger partial charge in [0.25, 0.3) is 0 Å². The summed E-state index contributed by atoms with van der Waals surface area (Å²) in [7, 11) is -3.27. The van der Waals surface area contributed by atoms with Crippen LogP contribution < -0.4 is 4.90 Å². The molecule has 1 fully saturated rings. The van der Waals surface area contributed by atoms with Gasteiger partial charge in [-0.3, -0.25) is 5.10 Å². The first kappa shape index (κ1) is 14.0. The molecule has 0 spiro atoms. The first-order valence-electron chi connectivity index (χ1n) is 6.81. The fourth-order valence-corrected chi connectivity index (χ4v) is 3.58. The molecular formula is C13H17N5O2S. The number of hydrogen-bond acceptors (Lipinski definition) is 6. The summed E-state index contributed by atoms with van der Waals surface area (Å²) < 4.78 is 23.6. The quantitative estimate of drug-likeness (QED) is 0.909. The normalized spacial score (nSPS) is 19.7. The summed E-state index contributed by atoms with van der Waals surface area (Å²) in [4.78, 5) is 10.9. The topological polar surface area (TPSA) is 91.8 Å². The van der Waals surface area contributed by atoms with Crippen LogP contribution in [0.2, 0.25) is 0 Å². The second-order valence-corrected chi connectivity index (χ2v) is 7.24. The monoisotopic (exact) mass is 307 g/mol. The van der Waals surface area contributed by atoms with E-state index in [9.17, 15) is 8.42 Å². The Balaban J connectivity index is 1.86. The van der Waals surface area contributed by atoms with E-state index in [1.165, 1.54) is 12.5 Å². The van der Waals surface area contributed by atoms with Crippen molar-refractivity contribution in [1.29, 1.82) is 0 Å². The zero-order valence-electron chi connectivity index (χ0n) is 11.7. The highest BCUT2D eigenvalue weighted by Crippen LogP contribution is 2.30. The Morgan fingerprint density at radius 1 is 1.33 bits per heavy atom. The van der Waals surface area contributed by atoms with Crippen molar-refractivity contribution < 1.29 is 8.42 Å². The lowest BCUT2D eigenvalue weighted by atomic mass is 9.95. The SMILES string of the molecule is CS(=O)(=O)c1cn[nH]c1C1CCCN(c2ncccn2)C1. The first-order chi connectivity index (χ1) is 10.1. The number of hydrogen-bond donors (Lipinski definition) is 1. The van der Waals surface area contributed by atoms with Crippen LogP contribution in [-0.2, 0) is 9.84 Å². The van der Waals surface area contributed by atoms with E-state index in [-0.39, 0.29) is 5.92 Å². The summed E-state index contributed by atoms with van der Waals surface area (Å²) in [5.41, 5.74) is 0.693. The molecule has 0 aliphatic carbocycles. The van der Waals surface area contributed by atoms with E-state index < -0.39 is 9.84 Å². The fourth-order valence-electron chi connectivity index (χ4n) is 2.72. The van der Waals surface area contributed by atoms with E-state index in [4.69, 9.17) is 0 Å². The van der Waals surface area contributed by atoms with Crippen molar-refractivity contribution in [3.63, 3.8) is 0 Å². The average molecular weight is 307 g/mol. The van der Waals surface area contributed by atoms with Crippen molar-refractivity contribution >= 4 is 15.8 Å². The van der Waals surface area contributed by atoms with Crippen LogP contribution >= 0.6 is 0 Å². The van der Waals surface area contributed by atoms with Crippen molar-refractivity contribution in [2.75, 3.05) is 24.2 Å². The number of aromatic nitrogens is 4. The van der Waals surface area contributed by atoms with Crippen molar-refractivity contribution in [3.8, 4) is 0 Å². The van der Waals surface area contributed by atoms with Crippen LogP contribution in [-0.4, -0.2) is 47.9 Å². The summed E-state index contributed by atoms with van der Waals surface area (Å²) in [6.45, 7) is 1.57. The van der Waals surface area contributed by atoms with E-state index >= 15 is 0 Å². The molecule has 3 rings (SSSR count). The van der Waals surface area contributed by atoms with Gasteiger partial charge >= 0.3 is 0 Å². The van der Waals surface area contributed by atoms with Gasteiger partial charge in [0.1, 0.15) is 4.90 Å². The molecule has 0 bridgehead atoms. The lowest BCUT2D eigenvalue weighted by Gasteiger charge is -2.32. The second kappa shape index (κ2) is 5.44. The third kappa shape index (κ3) is 2.90. The number of nitrogens with one attached hydrogen (secondary N) is 1. The van der Waals surface area contributed by atoms with Crippen LogP contribution in [0.1, 0.15) is 24.5 Å². The van der Waals surface area contributed by atoms with Gasteiger partial charge in [-0.05, 0) is 18.9 Å². The number of piperidine rings is 1. The van der Waals surface area contributed by atoms with Gasteiger partial charge in [0, 0.05) is 37.7 Å². The van der Waals surface area contributed by atoms with Gasteiger partial charge in [-0.25, -0.2) is 18.4 Å². The number of anilines is 1. The Bertz CT molecular complexity index is 713. The first-order valence-corrected chi connectivity index (χ1v) is 8.70. The summed E-state index contributed by atoms with van der Waals surface area (Å²) in [5, 5.41) is 6.77. The Kier molecular flexibility index (Phi) is 3.62. The van der Waals surface area contributed by atoms with Crippen molar-refractivity contribution in [2.45, 2.75) is 23.7 Å². The van der Waals surface area contributed by atoms with Gasteiger partial charge in [0.15, 0.2) is 9.84 Å². The third-order valence-electron chi connectivity index (χ3n) is 3.70. The molecule has 112 valence electrons. The molecule has 2 aromatic rings. The fraction of sp³-hybridized carbons (Fsp3) is 0.462. The molecule has 7 nitrogen and oxygen atoms in total. The minimum absolute atomic E-state index is 0.0924. The van der Waals surface area contributed by atoms with Crippen LogP contribution in [0, 0.1) is 0 Å². The Morgan fingerprint density at radius 2 is 2.10 bits per heavy atom. The molecule has 1 N–H and O–H groups in total. The highest BCUT2D eigenvalue weighted by Gasteiger charge is 2.28. The molecule has 1 atom stereocenters. The second-order valence-electron chi connectivity index (χ2n) is 5.25. The molecular weight excluding hydrogens is 290 g/mol. The number of H-pyrrole nitrogens is 1. The predicted molar refractivity (Wildman–Crippen MR) is 77.9 cm³/mol. The van der Waals surface area contributed by atoms with Gasteiger partial charge < -0.3 is 4.90 Å². The van der Waals surface area contributed by atoms with Gasteiger partial charge in [-0.15, -0.1) is 0 Å². The van der Waals surface area contributed by atoms with Crippen molar-refractivity contribution in [1.82, 2.24) is 20.2 Å². The van der Waals surface area contributed by atoms with Crippen LogP contribution in [0.4, 0.5) is 5.95 Å². The number of rotatable bonds is 3. The molecule has 1 aliphatic rings. The van der Waals surface area contributed by atoms with E-state index in [1.807, 2.05) is 0 Å². The maximum atomic E-state index is 11.8. The summed E-state index contributed by atoms with van der Waals surface area (Å²) in [5.74, 6) is 0.775. The molecule has 0 amide bonds. The molecule has 0 aromatic carbocycles. The molecule has 1 saturated heterocycles. The zero-order chi connectivity index (χ0) is 14.9. The predicted octanol–water partition coefficient (Wildman–Crippen LogP) is 0.987. The van der Waals surface area contributed by atoms with Crippen LogP contribution in [0.3, 0.4) is 0 Å². The average Bonchev–Trinajstić information content (AvgIpc) is 2.98. The molecule has 8 heteroatoms. The summed E-state index contributed by atoms with van der Waals surface area (Å²) in [6.07, 6.45) is 7.91. The van der Waals surface area contributed by atoms with E-state index in [0.717, 1.165) is 19.4 Å². The standard InChI is InChI=1S/C13H17N5O2S/c1-21(19,20)11-8-16-17-12(11)10-4-2-7-18(9-10)13-14-5-3-6-15-13/h3,5-6,8,10H,2,4,7,9H2,1H3,(H,16,17). The molecule has 0 saturated carbocycles. The zero-order valence-corrected chi connectivity index (χ0v) is 12.5. The summed E-state index contributed by atoms with van der Waals surface area (Å²) in [6, 6.07) is 1.78. The Labute approximate surface area is 123 Å². The van der Waals surface area contributed by atoms with Crippen LogP contribution in [0.5, 0.6) is 0 Å². The van der Waals surface area contributed by atoms with E-state index in [2.05, 4.69) is 25.1 Å². The third-order valence-corrected chi connectivity index (χ3v) is 4.82. The minimum Gasteiger partial charge on any atom is -0.340 e. The lowest BCUT2D eigenvalue weighted by molar-refractivity contribution is 0.488. The highest BCUT2D eigenvalue weighted by atomic mass is 32.2. The van der Waals surface area contributed by atoms with E-state index in [0.29, 0.717) is 23.1 Å². The van der Waals surface area contributed by atoms with Crippen LogP contribution in [0.15, 0.2) is 29.6 Å². The maximum Gasteiger partial charge on any atom is 0.225 e. The maximum absolute atomic E-state index is 11.8. The molecule has 0 radical (unpaired) electrons. The van der Waals surface area contributed by atoms with Crippen LogP contribution in [0.25, 0.3) is 0 Å². The van der Waals surface area contributed by atoms with Gasteiger partial charge in [-0.1, -0.05) is 0 Å². The number of nitrogens with zero attached hydrogens (tertiary/aromatic N) is 4. The van der Waals surface area contributed by atoms with E-state index in [1.54, 1.807) is 18.5 Å². The minimum atomic E-state index is -3.27. The largest absolute Gasteiger partial charge is 0.340 e. The molecule has 2 aromatic heterocycles. The Hall–Kier alpha value is -1.96. The molecule has 3 heterocycles. The molecule has 1 unspecified atom stereocenters. The van der Waals surface area contributed by atoms with Gasteiger partial charge in [-0.2, -0.15) is 5.10 Å². The Morgan fingerprint density at radius 3 is 2.81 bits per heavy atom. The molecule has 1 aliphatic heterocycles. The lowest BCUT2D eigenvalue weighted by Crippen LogP contribution is -2.36. The smallest absolute Gasteiger partial charge is 0.225 e. The number of aromatic amines is 1. The summed E-state index contributed by atoms with van der Waals surface area (Å²) >= 11 is 0.